The molecule has 8 heteroatoms. The molecule has 2 aromatic rings. The quantitative estimate of drug-likeness (QED) is 0.787. The lowest BCUT2D eigenvalue weighted by Gasteiger charge is -2.41. The fourth-order valence-electron chi connectivity index (χ4n) is 3.37. The van der Waals surface area contributed by atoms with E-state index in [-0.39, 0.29) is 12.2 Å². The standard InChI is InChI=1S/C15H17F3N4O/c16-7-1-2-9(17)8(3-7)15-14(19)13(18)12(6-23-15)22-4-10-11(5-22)21-20-10/h1-3,12-15,20-21H,4-6,19H2/t12-,13-,14-,15+/m0/s1. The van der Waals surface area contributed by atoms with E-state index in [4.69, 9.17) is 10.5 Å². The molecular weight excluding hydrogens is 309 g/mol. The monoisotopic (exact) mass is 326 g/mol. The smallest absolute Gasteiger partial charge is 0.136 e. The van der Waals surface area contributed by atoms with Crippen molar-refractivity contribution < 1.29 is 17.9 Å². The van der Waals surface area contributed by atoms with Crippen molar-refractivity contribution in [2.24, 2.45) is 5.73 Å². The minimum absolute atomic E-state index is 0.0350. The van der Waals surface area contributed by atoms with Gasteiger partial charge in [0.1, 0.15) is 23.9 Å². The SMILES string of the molecule is N[C@H]1[C@@H](F)[C@@H](N2Cc3[nH][nH]c3C2)CO[C@@H]1c1cc(F)ccc1F. The highest BCUT2D eigenvalue weighted by Gasteiger charge is 2.44. The van der Waals surface area contributed by atoms with Gasteiger partial charge in [0.05, 0.1) is 30.1 Å². The number of aromatic amines is 2. The Kier molecular flexibility index (Phi) is 3.47. The minimum Gasteiger partial charge on any atom is -0.370 e. The summed E-state index contributed by atoms with van der Waals surface area (Å²) in [6.45, 7) is 1.28. The van der Waals surface area contributed by atoms with E-state index in [1.807, 2.05) is 4.90 Å². The molecule has 0 saturated carbocycles. The summed E-state index contributed by atoms with van der Waals surface area (Å²) in [4.78, 5) is 1.93. The van der Waals surface area contributed by atoms with E-state index in [0.717, 1.165) is 29.6 Å². The summed E-state index contributed by atoms with van der Waals surface area (Å²) in [6, 6.07) is 1.47. The molecule has 2 aliphatic rings. The maximum atomic E-state index is 14.8. The topological polar surface area (TPSA) is 70.1 Å². The van der Waals surface area contributed by atoms with Crippen LogP contribution in [0.2, 0.25) is 0 Å². The summed E-state index contributed by atoms with van der Waals surface area (Å²) in [5.41, 5.74) is 8.01. The van der Waals surface area contributed by atoms with Crippen molar-refractivity contribution in [3.8, 4) is 0 Å². The number of hydrogen-bond acceptors (Lipinski definition) is 3. The molecule has 0 aliphatic carbocycles. The van der Waals surface area contributed by atoms with Gasteiger partial charge in [0, 0.05) is 18.7 Å². The van der Waals surface area contributed by atoms with Crippen LogP contribution in [-0.2, 0) is 17.8 Å². The fraction of sp³-hybridized carbons (Fsp3) is 0.467. The average molecular weight is 326 g/mol. The van der Waals surface area contributed by atoms with Crippen molar-refractivity contribution in [3.05, 3.63) is 46.8 Å². The number of halogens is 3. The molecule has 1 fully saturated rings. The van der Waals surface area contributed by atoms with E-state index < -0.39 is 36.0 Å². The lowest BCUT2D eigenvalue weighted by molar-refractivity contribution is -0.0930. The molecule has 4 atom stereocenters. The number of ether oxygens (including phenoxy) is 1. The number of alkyl halides is 1. The maximum absolute atomic E-state index is 14.8. The van der Waals surface area contributed by atoms with Gasteiger partial charge >= 0.3 is 0 Å². The highest BCUT2D eigenvalue weighted by molar-refractivity contribution is 5.24. The molecule has 0 spiro atoms. The number of aromatic nitrogens is 2. The summed E-state index contributed by atoms with van der Waals surface area (Å²) in [6.07, 6.45) is -2.39. The first-order valence-electron chi connectivity index (χ1n) is 7.49. The summed E-state index contributed by atoms with van der Waals surface area (Å²) in [7, 11) is 0. The molecule has 3 heterocycles. The predicted octanol–water partition coefficient (Wildman–Crippen LogP) is 1.74. The van der Waals surface area contributed by atoms with Crippen molar-refractivity contribution >= 4 is 0 Å². The number of benzene rings is 1. The Morgan fingerprint density at radius 1 is 1.17 bits per heavy atom. The molecule has 1 saturated heterocycles. The second kappa shape index (κ2) is 5.40. The highest BCUT2D eigenvalue weighted by Crippen LogP contribution is 2.35. The van der Waals surface area contributed by atoms with Gasteiger partial charge in [-0.15, -0.1) is 0 Å². The Morgan fingerprint density at radius 3 is 2.52 bits per heavy atom. The Bertz CT molecular complexity index is 696. The summed E-state index contributed by atoms with van der Waals surface area (Å²) < 4.78 is 47.7. The first-order chi connectivity index (χ1) is 11.0. The number of fused-ring (bicyclic) bond motifs is 1. The van der Waals surface area contributed by atoms with Gasteiger partial charge in [-0.05, 0) is 18.2 Å². The zero-order chi connectivity index (χ0) is 16.1. The van der Waals surface area contributed by atoms with E-state index in [1.54, 1.807) is 0 Å². The molecule has 0 bridgehead atoms. The molecule has 5 nitrogen and oxygen atoms in total. The lowest BCUT2D eigenvalue weighted by Crippen LogP contribution is -2.56. The number of nitrogens with zero attached hydrogens (tertiary/aromatic N) is 1. The molecule has 1 aromatic heterocycles. The average Bonchev–Trinajstić information content (AvgIpc) is 2.80. The molecule has 4 rings (SSSR count). The molecule has 0 amide bonds. The van der Waals surface area contributed by atoms with Gasteiger partial charge < -0.3 is 20.7 Å². The van der Waals surface area contributed by atoms with Crippen molar-refractivity contribution in [3.63, 3.8) is 0 Å². The van der Waals surface area contributed by atoms with Crippen LogP contribution in [0, 0.1) is 11.6 Å². The molecular formula is C15H17F3N4O. The number of nitrogens with two attached hydrogens (primary N) is 1. The second-order valence-electron chi connectivity index (χ2n) is 6.12. The van der Waals surface area contributed by atoms with E-state index in [1.165, 1.54) is 0 Å². The van der Waals surface area contributed by atoms with Gasteiger partial charge in [-0.3, -0.25) is 4.90 Å². The normalized spacial score (nSPS) is 31.5. The van der Waals surface area contributed by atoms with E-state index in [0.29, 0.717) is 13.1 Å². The Morgan fingerprint density at radius 2 is 1.87 bits per heavy atom. The van der Waals surface area contributed by atoms with Crippen LogP contribution in [-0.4, -0.2) is 40.0 Å². The third-order valence-electron chi connectivity index (χ3n) is 4.72. The van der Waals surface area contributed by atoms with E-state index >= 15 is 0 Å². The molecule has 1 aromatic carbocycles. The van der Waals surface area contributed by atoms with Gasteiger partial charge in [0.25, 0.3) is 0 Å². The van der Waals surface area contributed by atoms with Gasteiger partial charge in [0.2, 0.25) is 0 Å². The minimum atomic E-state index is -1.39. The number of H-pyrrole nitrogens is 2. The summed E-state index contributed by atoms with van der Waals surface area (Å²) in [5.74, 6) is -1.24. The van der Waals surface area contributed by atoms with Gasteiger partial charge in [-0.1, -0.05) is 0 Å². The predicted molar refractivity (Wildman–Crippen MR) is 76.1 cm³/mol. The van der Waals surface area contributed by atoms with Crippen LogP contribution < -0.4 is 5.73 Å². The van der Waals surface area contributed by atoms with Crippen molar-refractivity contribution in [1.82, 2.24) is 15.1 Å². The molecule has 4 N–H and O–H groups in total. The number of nitrogens with one attached hydrogen (secondary N) is 2. The zero-order valence-corrected chi connectivity index (χ0v) is 12.2. The molecule has 2 aliphatic heterocycles. The number of hydrogen-bond donors (Lipinski definition) is 3. The molecule has 0 unspecified atom stereocenters. The van der Waals surface area contributed by atoms with Crippen LogP contribution >= 0.6 is 0 Å². The third kappa shape index (κ3) is 2.37. The van der Waals surface area contributed by atoms with E-state index in [9.17, 15) is 13.2 Å². The fourth-order valence-corrected chi connectivity index (χ4v) is 3.37. The Labute approximate surface area is 130 Å². The molecule has 0 radical (unpaired) electrons. The zero-order valence-electron chi connectivity index (χ0n) is 12.2. The summed E-state index contributed by atoms with van der Waals surface area (Å²) >= 11 is 0. The highest BCUT2D eigenvalue weighted by atomic mass is 19.1. The van der Waals surface area contributed by atoms with Crippen LogP contribution in [0.15, 0.2) is 18.2 Å². The number of rotatable bonds is 2. The van der Waals surface area contributed by atoms with Gasteiger partial charge in [0.15, 0.2) is 0 Å². The largest absolute Gasteiger partial charge is 0.370 e. The summed E-state index contributed by atoms with van der Waals surface area (Å²) in [5, 5.41) is 5.91. The Hall–Kier alpha value is -1.77. The molecule has 23 heavy (non-hydrogen) atoms. The van der Waals surface area contributed by atoms with Crippen molar-refractivity contribution in [1.29, 1.82) is 0 Å². The van der Waals surface area contributed by atoms with E-state index in [2.05, 4.69) is 10.2 Å². The first-order valence-corrected chi connectivity index (χ1v) is 7.49. The van der Waals surface area contributed by atoms with Crippen LogP contribution in [0.4, 0.5) is 13.2 Å². The van der Waals surface area contributed by atoms with Crippen molar-refractivity contribution in [2.75, 3.05) is 6.61 Å². The first kappa shape index (κ1) is 14.8. The third-order valence-corrected chi connectivity index (χ3v) is 4.72. The lowest BCUT2D eigenvalue weighted by atomic mass is 9.91. The molecule has 124 valence electrons. The van der Waals surface area contributed by atoms with Gasteiger partial charge in [-0.2, -0.15) is 0 Å². The van der Waals surface area contributed by atoms with Gasteiger partial charge in [-0.25, -0.2) is 13.2 Å². The van der Waals surface area contributed by atoms with Crippen molar-refractivity contribution in [2.45, 2.75) is 37.4 Å². The van der Waals surface area contributed by atoms with Crippen LogP contribution in [0.25, 0.3) is 0 Å². The second-order valence-corrected chi connectivity index (χ2v) is 6.12. The maximum Gasteiger partial charge on any atom is 0.136 e. The van der Waals surface area contributed by atoms with Crippen LogP contribution in [0.1, 0.15) is 23.1 Å². The van der Waals surface area contributed by atoms with Crippen LogP contribution in [0.5, 0.6) is 0 Å². The Balaban J connectivity index is 1.52. The van der Waals surface area contributed by atoms with Crippen LogP contribution in [0.3, 0.4) is 0 Å².